The summed E-state index contributed by atoms with van der Waals surface area (Å²) >= 11 is 0. The van der Waals surface area contributed by atoms with Gasteiger partial charge in [-0.3, -0.25) is 0 Å². The van der Waals surface area contributed by atoms with Crippen LogP contribution >= 0.6 is 12.4 Å². The fraction of sp³-hybridized carbons (Fsp3) is 0.250. The van der Waals surface area contributed by atoms with Crippen molar-refractivity contribution in [3.05, 3.63) is 54.6 Å². The average molecular weight is 341 g/mol. The highest BCUT2D eigenvalue weighted by atomic mass is 35.5. The van der Waals surface area contributed by atoms with Crippen LogP contribution in [-0.4, -0.2) is 28.1 Å². The molecule has 2 N–H and O–H groups in total. The third kappa shape index (κ3) is 4.81. The Morgan fingerprint density at radius 3 is 2.27 bits per heavy atom. The van der Waals surface area contributed by atoms with E-state index in [9.17, 15) is 8.42 Å². The topological polar surface area (TPSA) is 58.2 Å². The minimum Gasteiger partial charge on any atom is -0.316 e. The molecule has 0 radical (unpaired) electrons. The highest BCUT2D eigenvalue weighted by Gasteiger charge is 2.15. The van der Waals surface area contributed by atoms with Gasteiger partial charge in [-0.05, 0) is 37.2 Å². The molecule has 0 aliphatic heterocycles. The van der Waals surface area contributed by atoms with Crippen LogP contribution in [0.5, 0.6) is 0 Å². The van der Waals surface area contributed by atoms with Crippen LogP contribution < -0.4 is 10.0 Å². The van der Waals surface area contributed by atoms with Gasteiger partial charge in [-0.2, -0.15) is 0 Å². The number of hydrogen-bond donors (Lipinski definition) is 2. The van der Waals surface area contributed by atoms with Gasteiger partial charge in [0, 0.05) is 12.6 Å². The summed E-state index contributed by atoms with van der Waals surface area (Å²) in [7, 11) is -1.69. The van der Waals surface area contributed by atoms with Crippen molar-refractivity contribution in [2.45, 2.75) is 17.9 Å². The molecule has 4 nitrogen and oxygen atoms in total. The molecule has 120 valence electrons. The number of hydrogen-bond acceptors (Lipinski definition) is 3. The SMILES string of the molecule is CNC(C)CNS(=O)(=O)c1cccc(-c2ccccc2)c1.Cl. The van der Waals surface area contributed by atoms with Crippen molar-refractivity contribution in [2.75, 3.05) is 13.6 Å². The third-order valence-electron chi connectivity index (χ3n) is 3.32. The lowest BCUT2D eigenvalue weighted by Gasteiger charge is -2.12. The minimum atomic E-state index is -3.49. The number of nitrogens with one attached hydrogen (secondary N) is 2. The Bertz CT molecular complexity index is 690. The van der Waals surface area contributed by atoms with Crippen LogP contribution in [0.3, 0.4) is 0 Å². The Hall–Kier alpha value is -1.40. The maximum Gasteiger partial charge on any atom is 0.240 e. The highest BCUT2D eigenvalue weighted by Crippen LogP contribution is 2.22. The second-order valence-corrected chi connectivity index (χ2v) is 6.70. The molecule has 0 saturated heterocycles. The van der Waals surface area contributed by atoms with Crippen LogP contribution in [0.2, 0.25) is 0 Å². The molecule has 0 spiro atoms. The summed E-state index contributed by atoms with van der Waals surface area (Å²) in [6.45, 7) is 2.28. The summed E-state index contributed by atoms with van der Waals surface area (Å²) in [6, 6.07) is 16.8. The number of rotatable bonds is 6. The largest absolute Gasteiger partial charge is 0.316 e. The molecular formula is C16H21ClN2O2S. The van der Waals surface area contributed by atoms with Gasteiger partial charge in [0.1, 0.15) is 0 Å². The molecular weight excluding hydrogens is 320 g/mol. The van der Waals surface area contributed by atoms with E-state index in [1.807, 2.05) is 43.3 Å². The van der Waals surface area contributed by atoms with Crippen molar-refractivity contribution in [1.82, 2.24) is 10.0 Å². The summed E-state index contributed by atoms with van der Waals surface area (Å²) in [5.41, 5.74) is 1.89. The third-order valence-corrected chi connectivity index (χ3v) is 4.75. The van der Waals surface area contributed by atoms with E-state index in [0.29, 0.717) is 6.54 Å². The van der Waals surface area contributed by atoms with Crippen molar-refractivity contribution in [3.63, 3.8) is 0 Å². The fourth-order valence-corrected chi connectivity index (χ4v) is 3.07. The first-order chi connectivity index (χ1) is 10.0. The summed E-state index contributed by atoms with van der Waals surface area (Å²) in [5.74, 6) is 0. The number of sulfonamides is 1. The Labute approximate surface area is 138 Å². The Morgan fingerprint density at radius 1 is 1.00 bits per heavy atom. The second-order valence-electron chi connectivity index (χ2n) is 4.94. The smallest absolute Gasteiger partial charge is 0.240 e. The maximum atomic E-state index is 12.3. The molecule has 0 fully saturated rings. The minimum absolute atomic E-state index is 0. The number of benzene rings is 2. The van der Waals surface area contributed by atoms with Gasteiger partial charge in [0.25, 0.3) is 0 Å². The zero-order valence-corrected chi connectivity index (χ0v) is 14.2. The molecule has 0 amide bonds. The van der Waals surface area contributed by atoms with E-state index in [1.165, 1.54) is 0 Å². The van der Waals surface area contributed by atoms with Crippen molar-refractivity contribution in [3.8, 4) is 11.1 Å². The van der Waals surface area contributed by atoms with Crippen LogP contribution in [0.1, 0.15) is 6.92 Å². The van der Waals surface area contributed by atoms with Crippen molar-refractivity contribution >= 4 is 22.4 Å². The van der Waals surface area contributed by atoms with E-state index >= 15 is 0 Å². The first kappa shape index (κ1) is 18.6. The van der Waals surface area contributed by atoms with Gasteiger partial charge in [-0.1, -0.05) is 42.5 Å². The molecule has 0 bridgehead atoms. The summed E-state index contributed by atoms with van der Waals surface area (Å²) in [6.07, 6.45) is 0. The van der Waals surface area contributed by atoms with Crippen LogP contribution in [0.15, 0.2) is 59.5 Å². The molecule has 0 aliphatic carbocycles. The van der Waals surface area contributed by atoms with Crippen molar-refractivity contribution < 1.29 is 8.42 Å². The molecule has 6 heteroatoms. The Balaban J connectivity index is 0.00000242. The molecule has 2 aromatic carbocycles. The van der Waals surface area contributed by atoms with Gasteiger partial charge >= 0.3 is 0 Å². The van der Waals surface area contributed by atoms with E-state index < -0.39 is 10.0 Å². The quantitative estimate of drug-likeness (QED) is 0.850. The molecule has 1 unspecified atom stereocenters. The summed E-state index contributed by atoms with van der Waals surface area (Å²) in [5, 5.41) is 3.00. The average Bonchev–Trinajstić information content (AvgIpc) is 2.53. The molecule has 0 aliphatic rings. The van der Waals surface area contributed by atoms with Gasteiger partial charge < -0.3 is 5.32 Å². The number of likely N-dealkylation sites (N-methyl/N-ethyl adjacent to an activating group) is 1. The summed E-state index contributed by atoms with van der Waals surface area (Å²) in [4.78, 5) is 0.284. The molecule has 0 saturated carbocycles. The van der Waals surface area contributed by atoms with Gasteiger partial charge in [-0.25, -0.2) is 13.1 Å². The second kappa shape index (κ2) is 8.29. The maximum absolute atomic E-state index is 12.3. The fourth-order valence-electron chi connectivity index (χ4n) is 1.89. The molecule has 2 aromatic rings. The molecule has 1 atom stereocenters. The number of halogens is 1. The summed E-state index contributed by atoms with van der Waals surface area (Å²) < 4.78 is 27.2. The first-order valence-corrected chi connectivity index (χ1v) is 8.33. The van der Waals surface area contributed by atoms with E-state index in [2.05, 4.69) is 10.0 Å². The molecule has 2 rings (SSSR count). The predicted molar refractivity (Wildman–Crippen MR) is 92.8 cm³/mol. The van der Waals surface area contributed by atoms with Gasteiger partial charge in [-0.15, -0.1) is 12.4 Å². The monoisotopic (exact) mass is 340 g/mol. The van der Waals surface area contributed by atoms with Gasteiger partial charge in [0.2, 0.25) is 10.0 Å². The molecule has 22 heavy (non-hydrogen) atoms. The van der Waals surface area contributed by atoms with Crippen LogP contribution in [-0.2, 0) is 10.0 Å². The first-order valence-electron chi connectivity index (χ1n) is 6.85. The zero-order chi connectivity index (χ0) is 15.3. The zero-order valence-electron chi connectivity index (χ0n) is 12.6. The van der Waals surface area contributed by atoms with Gasteiger partial charge in [0.05, 0.1) is 4.90 Å². The molecule has 0 heterocycles. The van der Waals surface area contributed by atoms with E-state index in [-0.39, 0.29) is 23.3 Å². The highest BCUT2D eigenvalue weighted by molar-refractivity contribution is 7.89. The van der Waals surface area contributed by atoms with Crippen LogP contribution in [0.25, 0.3) is 11.1 Å². The normalized spacial score (nSPS) is 12.5. The van der Waals surface area contributed by atoms with E-state index in [0.717, 1.165) is 11.1 Å². The van der Waals surface area contributed by atoms with Crippen LogP contribution in [0, 0.1) is 0 Å². The van der Waals surface area contributed by atoms with E-state index in [1.54, 1.807) is 25.2 Å². The lowest BCUT2D eigenvalue weighted by molar-refractivity contribution is 0.554. The Morgan fingerprint density at radius 2 is 1.64 bits per heavy atom. The predicted octanol–water partition coefficient (Wildman–Crippen LogP) is 2.66. The standard InChI is InChI=1S/C16H20N2O2S.ClH/c1-13(17-2)12-18-21(19,20)16-10-6-9-15(11-16)14-7-4-3-5-8-14;/h3-11,13,17-18H,12H2,1-2H3;1H. The van der Waals surface area contributed by atoms with Gasteiger partial charge in [0.15, 0.2) is 0 Å². The lowest BCUT2D eigenvalue weighted by atomic mass is 10.1. The van der Waals surface area contributed by atoms with Crippen LogP contribution in [0.4, 0.5) is 0 Å². The lowest BCUT2D eigenvalue weighted by Crippen LogP contribution is -2.37. The van der Waals surface area contributed by atoms with Crippen molar-refractivity contribution in [1.29, 1.82) is 0 Å². The van der Waals surface area contributed by atoms with E-state index in [4.69, 9.17) is 0 Å². The van der Waals surface area contributed by atoms with Crippen molar-refractivity contribution in [2.24, 2.45) is 0 Å². The Kier molecular flexibility index (Phi) is 7.03. The molecule has 0 aromatic heterocycles.